The Morgan fingerprint density at radius 3 is 3.00 bits per heavy atom. The number of piperazine rings is 1. The van der Waals surface area contributed by atoms with Crippen LogP contribution in [0.25, 0.3) is 0 Å². The fourth-order valence-electron chi connectivity index (χ4n) is 3.44. The van der Waals surface area contributed by atoms with Gasteiger partial charge in [0.15, 0.2) is 5.16 Å². The normalized spacial score (nSPS) is 23.4. The fraction of sp³-hybridized carbons (Fsp3) is 0.625. The number of rotatable bonds is 4. The first kappa shape index (κ1) is 17.0. The first-order valence-corrected chi connectivity index (χ1v) is 9.50. The van der Waals surface area contributed by atoms with Crippen molar-refractivity contribution in [3.8, 4) is 0 Å². The van der Waals surface area contributed by atoms with E-state index in [1.807, 2.05) is 11.2 Å². The van der Waals surface area contributed by atoms with E-state index in [4.69, 9.17) is 4.74 Å². The molecular weight excluding hydrogens is 328 g/mol. The molecule has 1 saturated heterocycles. The summed E-state index contributed by atoms with van der Waals surface area (Å²) in [5, 5.41) is 3.66. The van der Waals surface area contributed by atoms with Crippen LogP contribution in [0.5, 0.6) is 0 Å². The molecule has 0 bridgehead atoms. The van der Waals surface area contributed by atoms with Crippen LogP contribution in [0.15, 0.2) is 11.4 Å². The molecule has 1 saturated carbocycles. The van der Waals surface area contributed by atoms with Gasteiger partial charge in [-0.05, 0) is 26.0 Å². The van der Waals surface area contributed by atoms with Gasteiger partial charge in [-0.25, -0.2) is 14.8 Å². The van der Waals surface area contributed by atoms with Gasteiger partial charge in [-0.1, -0.05) is 24.6 Å². The molecule has 24 heavy (non-hydrogen) atoms. The summed E-state index contributed by atoms with van der Waals surface area (Å²) in [6, 6.07) is 0.275. The van der Waals surface area contributed by atoms with E-state index in [0.29, 0.717) is 16.5 Å². The number of fused-ring (bicyclic) bond motifs is 1. The Kier molecular flexibility index (Phi) is 5.23. The molecule has 1 N–H and O–H groups in total. The number of aromatic nitrogens is 2. The molecule has 7 nitrogen and oxygen atoms in total. The van der Waals surface area contributed by atoms with Crippen LogP contribution in [0.3, 0.4) is 0 Å². The molecule has 1 aliphatic heterocycles. The highest BCUT2D eigenvalue weighted by Gasteiger charge is 2.38. The summed E-state index contributed by atoms with van der Waals surface area (Å²) in [4.78, 5) is 35.2. The smallest absolute Gasteiger partial charge is 0.343 e. The summed E-state index contributed by atoms with van der Waals surface area (Å²) in [5.74, 6) is 0.0373. The van der Waals surface area contributed by atoms with Crippen molar-refractivity contribution in [1.82, 2.24) is 15.3 Å². The zero-order valence-electron chi connectivity index (χ0n) is 13.9. The molecule has 0 aromatic carbocycles. The Balaban J connectivity index is 2.01. The first-order chi connectivity index (χ1) is 11.6. The summed E-state index contributed by atoms with van der Waals surface area (Å²) in [7, 11) is 0. The van der Waals surface area contributed by atoms with Crippen molar-refractivity contribution in [2.75, 3.05) is 24.3 Å². The van der Waals surface area contributed by atoms with Crippen LogP contribution in [0.1, 0.15) is 43.0 Å². The number of carbonyl (C=O) groups excluding carboxylic acids is 2. The maximum atomic E-state index is 12.3. The number of anilines is 1. The number of thioether (sulfide) groups is 1. The third-order valence-corrected chi connectivity index (χ3v) is 5.05. The van der Waals surface area contributed by atoms with Crippen molar-refractivity contribution in [3.63, 3.8) is 0 Å². The lowest BCUT2D eigenvalue weighted by atomic mass is 9.87. The van der Waals surface area contributed by atoms with E-state index in [0.717, 1.165) is 25.7 Å². The third-order valence-electron chi connectivity index (χ3n) is 4.49. The lowest BCUT2D eigenvalue weighted by Gasteiger charge is -2.44. The van der Waals surface area contributed by atoms with Crippen LogP contribution < -0.4 is 10.2 Å². The Hall–Kier alpha value is -1.83. The molecule has 2 fully saturated rings. The number of carbonyl (C=O) groups is 2. The largest absolute Gasteiger partial charge is 0.462 e. The van der Waals surface area contributed by atoms with Crippen LogP contribution in [0, 0.1) is 0 Å². The number of amides is 1. The second kappa shape index (κ2) is 7.38. The van der Waals surface area contributed by atoms with Gasteiger partial charge >= 0.3 is 5.97 Å². The van der Waals surface area contributed by atoms with Gasteiger partial charge in [-0.3, -0.25) is 4.79 Å². The summed E-state index contributed by atoms with van der Waals surface area (Å²) in [6.07, 6.45) is 7.56. The highest BCUT2D eigenvalue weighted by Crippen LogP contribution is 2.31. The summed E-state index contributed by atoms with van der Waals surface area (Å²) in [6.45, 7) is 2.26. The molecule has 1 aromatic heterocycles. The van der Waals surface area contributed by atoms with E-state index >= 15 is 0 Å². The van der Waals surface area contributed by atoms with Crippen molar-refractivity contribution in [2.24, 2.45) is 0 Å². The molecule has 0 spiro atoms. The van der Waals surface area contributed by atoms with Gasteiger partial charge in [0.05, 0.1) is 19.2 Å². The van der Waals surface area contributed by atoms with Gasteiger partial charge in [0.25, 0.3) is 0 Å². The van der Waals surface area contributed by atoms with Gasteiger partial charge in [0, 0.05) is 12.2 Å². The number of esters is 1. The maximum Gasteiger partial charge on any atom is 0.343 e. The molecule has 2 atom stereocenters. The average molecular weight is 350 g/mol. The molecule has 0 unspecified atom stereocenters. The Morgan fingerprint density at radius 1 is 1.46 bits per heavy atom. The van der Waals surface area contributed by atoms with E-state index in [2.05, 4.69) is 15.3 Å². The van der Waals surface area contributed by atoms with Gasteiger partial charge in [0.1, 0.15) is 11.4 Å². The zero-order valence-corrected chi connectivity index (χ0v) is 14.8. The van der Waals surface area contributed by atoms with Gasteiger partial charge in [0.2, 0.25) is 5.91 Å². The van der Waals surface area contributed by atoms with Crippen LogP contribution in [-0.2, 0) is 9.53 Å². The minimum absolute atomic E-state index is 0.0303. The van der Waals surface area contributed by atoms with Crippen LogP contribution in [0.4, 0.5) is 5.82 Å². The summed E-state index contributed by atoms with van der Waals surface area (Å²) >= 11 is 1.41. The molecular formula is C16H22N4O3S. The fourth-order valence-corrected chi connectivity index (χ4v) is 3.77. The maximum absolute atomic E-state index is 12.3. The Labute approximate surface area is 145 Å². The van der Waals surface area contributed by atoms with Crippen molar-refractivity contribution in [1.29, 1.82) is 0 Å². The quantitative estimate of drug-likeness (QED) is 0.502. The van der Waals surface area contributed by atoms with Crippen LogP contribution >= 0.6 is 11.8 Å². The second-order valence-corrected chi connectivity index (χ2v) is 6.74. The summed E-state index contributed by atoms with van der Waals surface area (Å²) < 4.78 is 5.14. The number of nitrogens with zero attached hydrogens (tertiary/aromatic N) is 3. The minimum Gasteiger partial charge on any atom is -0.462 e. The van der Waals surface area contributed by atoms with E-state index < -0.39 is 5.97 Å². The molecule has 3 rings (SSSR count). The van der Waals surface area contributed by atoms with Crippen LogP contribution in [0.2, 0.25) is 0 Å². The molecule has 2 heterocycles. The lowest BCUT2D eigenvalue weighted by molar-refractivity contribution is -0.122. The van der Waals surface area contributed by atoms with Crippen molar-refractivity contribution in [2.45, 2.75) is 49.8 Å². The molecule has 8 heteroatoms. The molecule has 1 aliphatic carbocycles. The lowest BCUT2D eigenvalue weighted by Crippen LogP contribution is -2.62. The molecule has 2 aliphatic rings. The molecule has 1 amide bonds. The number of hydrogen-bond acceptors (Lipinski definition) is 7. The van der Waals surface area contributed by atoms with E-state index in [-0.39, 0.29) is 31.1 Å². The van der Waals surface area contributed by atoms with Gasteiger partial charge in [-0.2, -0.15) is 0 Å². The first-order valence-electron chi connectivity index (χ1n) is 8.28. The molecule has 0 radical (unpaired) electrons. The van der Waals surface area contributed by atoms with Gasteiger partial charge < -0.3 is 15.0 Å². The molecule has 130 valence electrons. The number of ether oxygens (including phenoxy) is 1. The third kappa shape index (κ3) is 3.33. The SMILES string of the molecule is CCOC(=O)c1cnc(SC)nc1N1CC(=O)N[C@@H]2CCCC[C@H]21. The highest BCUT2D eigenvalue weighted by molar-refractivity contribution is 7.98. The highest BCUT2D eigenvalue weighted by atomic mass is 32.2. The second-order valence-electron chi connectivity index (χ2n) is 5.97. The summed E-state index contributed by atoms with van der Waals surface area (Å²) in [5.41, 5.74) is 0.327. The average Bonchev–Trinajstić information content (AvgIpc) is 2.60. The van der Waals surface area contributed by atoms with E-state index in [1.54, 1.807) is 6.92 Å². The van der Waals surface area contributed by atoms with Gasteiger partial charge in [-0.15, -0.1) is 0 Å². The molecule has 1 aromatic rings. The van der Waals surface area contributed by atoms with E-state index in [9.17, 15) is 9.59 Å². The standard InChI is InChI=1S/C16H22N4O3S/c1-3-23-15(22)10-8-17-16(24-2)19-14(10)20-9-13(21)18-11-6-4-5-7-12(11)20/h8,11-12H,3-7,9H2,1-2H3,(H,18,21)/t11-,12-/m1/s1. The zero-order chi connectivity index (χ0) is 17.1. The number of hydrogen-bond donors (Lipinski definition) is 1. The van der Waals surface area contributed by atoms with Crippen molar-refractivity contribution in [3.05, 3.63) is 11.8 Å². The van der Waals surface area contributed by atoms with Crippen LogP contribution in [-0.4, -0.2) is 53.3 Å². The van der Waals surface area contributed by atoms with E-state index in [1.165, 1.54) is 18.0 Å². The van der Waals surface area contributed by atoms with Crippen molar-refractivity contribution >= 4 is 29.5 Å². The van der Waals surface area contributed by atoms with Crippen molar-refractivity contribution < 1.29 is 14.3 Å². The Morgan fingerprint density at radius 2 is 2.25 bits per heavy atom. The minimum atomic E-state index is -0.446. The monoisotopic (exact) mass is 350 g/mol. The number of nitrogens with one attached hydrogen (secondary N) is 1. The predicted octanol–water partition coefficient (Wildman–Crippen LogP) is 1.62. The topological polar surface area (TPSA) is 84.4 Å². The predicted molar refractivity (Wildman–Crippen MR) is 91.3 cm³/mol. The Bertz CT molecular complexity index is 640.